The van der Waals surface area contributed by atoms with Gasteiger partial charge in [-0.15, -0.1) is 12.6 Å². The zero-order valence-corrected chi connectivity index (χ0v) is 6.25. The standard InChI is InChI=1S/C5H6ClFOS/c6-5(8)3-4(9)1-2-7/h1,9H,2-3H2/b4-1-. The number of rotatable bonds is 3. The Hall–Kier alpha value is -0.0200. The van der Waals surface area contributed by atoms with Crippen molar-refractivity contribution in [2.45, 2.75) is 6.42 Å². The molecule has 0 amide bonds. The first-order valence-corrected chi connectivity index (χ1v) is 3.11. The molecule has 4 heteroatoms. The van der Waals surface area contributed by atoms with Crippen LogP contribution in [0.25, 0.3) is 0 Å². The van der Waals surface area contributed by atoms with Gasteiger partial charge in [0.1, 0.15) is 6.67 Å². The monoisotopic (exact) mass is 168 g/mol. The molecule has 0 rings (SSSR count). The topological polar surface area (TPSA) is 17.1 Å². The number of alkyl halides is 1. The maximum atomic E-state index is 11.4. The van der Waals surface area contributed by atoms with Gasteiger partial charge in [-0.25, -0.2) is 4.39 Å². The van der Waals surface area contributed by atoms with E-state index in [9.17, 15) is 9.18 Å². The summed E-state index contributed by atoms with van der Waals surface area (Å²) >= 11 is 8.72. The summed E-state index contributed by atoms with van der Waals surface area (Å²) in [6.07, 6.45) is 1.21. The highest BCUT2D eigenvalue weighted by molar-refractivity contribution is 7.84. The Kier molecular flexibility index (Phi) is 4.81. The number of carbonyl (C=O) groups is 1. The third kappa shape index (κ3) is 5.86. The van der Waals surface area contributed by atoms with E-state index in [1.807, 2.05) is 0 Å². The van der Waals surface area contributed by atoms with Crippen LogP contribution in [0.1, 0.15) is 6.42 Å². The largest absolute Gasteiger partial charge is 0.281 e. The first kappa shape index (κ1) is 8.98. The van der Waals surface area contributed by atoms with Crippen molar-refractivity contribution in [3.05, 3.63) is 11.0 Å². The van der Waals surface area contributed by atoms with Crippen LogP contribution in [0.15, 0.2) is 11.0 Å². The molecule has 0 aromatic rings. The molecular formula is C5H6ClFOS. The van der Waals surface area contributed by atoms with E-state index in [1.54, 1.807) is 0 Å². The molecule has 0 bridgehead atoms. The van der Waals surface area contributed by atoms with Crippen LogP contribution < -0.4 is 0 Å². The van der Waals surface area contributed by atoms with Crippen LogP contribution in [0.3, 0.4) is 0 Å². The van der Waals surface area contributed by atoms with Gasteiger partial charge in [0.25, 0.3) is 0 Å². The van der Waals surface area contributed by atoms with Gasteiger partial charge in [-0.2, -0.15) is 0 Å². The van der Waals surface area contributed by atoms with Crippen LogP contribution in [0.4, 0.5) is 4.39 Å². The minimum Gasteiger partial charge on any atom is -0.281 e. The van der Waals surface area contributed by atoms with Crippen molar-refractivity contribution < 1.29 is 9.18 Å². The average Bonchev–Trinajstić information content (AvgIpc) is 1.63. The summed E-state index contributed by atoms with van der Waals surface area (Å²) in [4.78, 5) is 10.5. The van der Waals surface area contributed by atoms with Gasteiger partial charge in [-0.05, 0) is 22.6 Å². The fourth-order valence-corrected chi connectivity index (χ4v) is 0.753. The summed E-state index contributed by atoms with van der Waals surface area (Å²) in [7, 11) is 0. The SMILES string of the molecule is O=C(Cl)C/C(S)=C/CF. The van der Waals surface area contributed by atoms with Crippen LogP contribution >= 0.6 is 24.2 Å². The first-order chi connectivity index (χ1) is 4.16. The predicted molar refractivity (Wildman–Crippen MR) is 38.5 cm³/mol. The average molecular weight is 169 g/mol. The highest BCUT2D eigenvalue weighted by Crippen LogP contribution is 2.07. The van der Waals surface area contributed by atoms with Crippen molar-refractivity contribution in [3.63, 3.8) is 0 Å². The number of halogens is 2. The predicted octanol–water partition coefficient (Wildman–Crippen LogP) is 1.93. The summed E-state index contributed by atoms with van der Waals surface area (Å²) in [6.45, 7) is -0.608. The molecule has 0 aliphatic rings. The Morgan fingerprint density at radius 2 is 2.33 bits per heavy atom. The third-order valence-corrected chi connectivity index (χ3v) is 1.11. The zero-order chi connectivity index (χ0) is 7.28. The van der Waals surface area contributed by atoms with Crippen LogP contribution in [0.5, 0.6) is 0 Å². The lowest BCUT2D eigenvalue weighted by molar-refractivity contribution is -0.111. The quantitative estimate of drug-likeness (QED) is 0.504. The van der Waals surface area contributed by atoms with E-state index >= 15 is 0 Å². The molecule has 0 aromatic heterocycles. The van der Waals surface area contributed by atoms with Crippen LogP contribution in [0, 0.1) is 0 Å². The molecule has 0 atom stereocenters. The minimum atomic E-state index is -0.608. The Labute approximate surface area is 63.3 Å². The lowest BCUT2D eigenvalue weighted by Crippen LogP contribution is -1.85. The second kappa shape index (κ2) is 4.82. The van der Waals surface area contributed by atoms with Gasteiger partial charge in [0.2, 0.25) is 5.24 Å². The molecule has 0 saturated carbocycles. The number of hydrogen-bond donors (Lipinski definition) is 1. The lowest BCUT2D eigenvalue weighted by Gasteiger charge is -1.89. The molecule has 0 fully saturated rings. The Bertz CT molecular complexity index is 135. The summed E-state index contributed by atoms with van der Waals surface area (Å²) in [5.74, 6) is 0. The lowest BCUT2D eigenvalue weighted by atomic mass is 10.4. The van der Waals surface area contributed by atoms with E-state index in [0.29, 0.717) is 4.91 Å². The van der Waals surface area contributed by atoms with E-state index in [1.165, 1.54) is 6.08 Å². The van der Waals surface area contributed by atoms with Gasteiger partial charge >= 0.3 is 0 Å². The summed E-state index contributed by atoms with van der Waals surface area (Å²) in [5.41, 5.74) is 0. The Morgan fingerprint density at radius 1 is 1.78 bits per heavy atom. The van der Waals surface area contributed by atoms with E-state index in [2.05, 4.69) is 12.6 Å². The van der Waals surface area contributed by atoms with Crippen molar-refractivity contribution in [3.8, 4) is 0 Å². The Balaban J connectivity index is 3.62. The molecule has 9 heavy (non-hydrogen) atoms. The van der Waals surface area contributed by atoms with Crippen molar-refractivity contribution in [2.24, 2.45) is 0 Å². The molecule has 0 spiro atoms. The normalized spacial score (nSPS) is 11.7. The molecule has 0 aliphatic heterocycles. The van der Waals surface area contributed by atoms with Crippen molar-refractivity contribution >= 4 is 29.5 Å². The van der Waals surface area contributed by atoms with Crippen LogP contribution in [0.2, 0.25) is 0 Å². The number of thiol groups is 1. The van der Waals surface area contributed by atoms with Crippen molar-refractivity contribution in [1.82, 2.24) is 0 Å². The third-order valence-electron chi connectivity index (χ3n) is 0.633. The molecule has 0 N–H and O–H groups in total. The number of allylic oxidation sites excluding steroid dienone is 2. The van der Waals surface area contributed by atoms with Crippen molar-refractivity contribution in [2.75, 3.05) is 6.67 Å². The van der Waals surface area contributed by atoms with Crippen LogP contribution in [-0.4, -0.2) is 11.9 Å². The molecule has 0 radical (unpaired) electrons. The van der Waals surface area contributed by atoms with E-state index in [0.717, 1.165) is 0 Å². The zero-order valence-electron chi connectivity index (χ0n) is 4.60. The summed E-state index contributed by atoms with van der Waals surface area (Å²) in [5, 5.41) is -0.523. The Morgan fingerprint density at radius 3 is 2.67 bits per heavy atom. The minimum absolute atomic E-state index is 0.00852. The molecule has 0 heterocycles. The van der Waals surface area contributed by atoms with Gasteiger partial charge in [0.05, 0.1) is 6.42 Å². The summed E-state index contributed by atoms with van der Waals surface area (Å²) in [6, 6.07) is 0. The fraction of sp³-hybridized carbons (Fsp3) is 0.400. The molecule has 0 aromatic carbocycles. The maximum absolute atomic E-state index is 11.4. The second-order valence-electron chi connectivity index (χ2n) is 1.38. The number of hydrogen-bond acceptors (Lipinski definition) is 2. The second-order valence-corrected chi connectivity index (χ2v) is 2.38. The molecule has 52 valence electrons. The molecule has 0 aliphatic carbocycles. The molecule has 0 unspecified atom stereocenters. The van der Waals surface area contributed by atoms with Gasteiger partial charge in [0, 0.05) is 0 Å². The number of carbonyl (C=O) groups excluding carboxylic acids is 1. The van der Waals surface area contributed by atoms with Crippen molar-refractivity contribution in [1.29, 1.82) is 0 Å². The van der Waals surface area contributed by atoms with E-state index in [-0.39, 0.29) is 6.42 Å². The molecular weight excluding hydrogens is 163 g/mol. The van der Waals surface area contributed by atoms with E-state index in [4.69, 9.17) is 11.6 Å². The molecule has 1 nitrogen and oxygen atoms in total. The van der Waals surface area contributed by atoms with Gasteiger partial charge in [-0.3, -0.25) is 4.79 Å². The maximum Gasteiger partial charge on any atom is 0.226 e. The molecule has 0 saturated heterocycles. The van der Waals surface area contributed by atoms with E-state index < -0.39 is 11.9 Å². The first-order valence-electron chi connectivity index (χ1n) is 2.29. The van der Waals surface area contributed by atoms with Gasteiger partial charge < -0.3 is 0 Å². The van der Waals surface area contributed by atoms with Gasteiger partial charge in [0.15, 0.2) is 0 Å². The van der Waals surface area contributed by atoms with Crippen LogP contribution in [-0.2, 0) is 4.79 Å². The van der Waals surface area contributed by atoms with Gasteiger partial charge in [-0.1, -0.05) is 0 Å². The summed E-state index contributed by atoms with van der Waals surface area (Å²) < 4.78 is 11.4. The smallest absolute Gasteiger partial charge is 0.226 e. The highest BCUT2D eigenvalue weighted by atomic mass is 35.5. The fourth-order valence-electron chi connectivity index (χ4n) is 0.304. The highest BCUT2D eigenvalue weighted by Gasteiger charge is 1.96.